The second-order valence-corrected chi connectivity index (χ2v) is 6.56. The van der Waals surface area contributed by atoms with Gasteiger partial charge in [-0.05, 0) is 48.7 Å². The van der Waals surface area contributed by atoms with E-state index in [-0.39, 0.29) is 18.6 Å². The molecule has 0 aliphatic carbocycles. The van der Waals surface area contributed by atoms with Crippen LogP contribution in [-0.2, 0) is 20.7 Å². The van der Waals surface area contributed by atoms with Gasteiger partial charge in [-0.3, -0.25) is 4.79 Å². The smallest absolute Gasteiger partial charge is 0.331 e. The monoisotopic (exact) mass is 377 g/mol. The zero-order chi connectivity index (χ0) is 19.9. The average molecular weight is 377 g/mol. The predicted octanol–water partition coefficient (Wildman–Crippen LogP) is 3.79. The highest BCUT2D eigenvalue weighted by atomic mass is 16.5. The lowest BCUT2D eigenvalue weighted by Gasteiger charge is -2.22. The Morgan fingerprint density at radius 3 is 2.68 bits per heavy atom. The molecule has 2 aromatic rings. The Kier molecular flexibility index (Phi) is 6.27. The molecule has 0 fully saturated rings. The van der Waals surface area contributed by atoms with E-state index in [1.165, 1.54) is 6.08 Å². The van der Waals surface area contributed by atoms with E-state index >= 15 is 0 Å². The molecule has 3 rings (SSSR count). The molecule has 0 aromatic heterocycles. The quantitative estimate of drug-likeness (QED) is 0.419. The number of benzene rings is 2. The molecule has 0 bridgehead atoms. The third kappa shape index (κ3) is 4.68. The van der Waals surface area contributed by atoms with E-state index in [2.05, 4.69) is 6.58 Å². The number of carbonyl (C=O) groups excluding carboxylic acids is 2. The van der Waals surface area contributed by atoms with Crippen LogP contribution in [0.15, 0.2) is 67.3 Å². The molecule has 2 aromatic carbocycles. The highest BCUT2D eigenvalue weighted by Crippen LogP contribution is 2.31. The van der Waals surface area contributed by atoms with Gasteiger partial charge in [-0.15, -0.1) is 0 Å². The average Bonchev–Trinajstić information content (AvgIpc) is 3.05. The van der Waals surface area contributed by atoms with E-state index in [1.54, 1.807) is 17.1 Å². The van der Waals surface area contributed by atoms with E-state index in [0.717, 1.165) is 29.0 Å². The first-order valence-electron chi connectivity index (χ1n) is 9.17. The zero-order valence-corrected chi connectivity index (χ0v) is 15.8. The fourth-order valence-corrected chi connectivity index (χ4v) is 3.19. The molecule has 0 saturated carbocycles. The third-order valence-electron chi connectivity index (χ3n) is 4.47. The van der Waals surface area contributed by atoms with Gasteiger partial charge in [-0.1, -0.05) is 43.0 Å². The number of amides is 1. The summed E-state index contributed by atoms with van der Waals surface area (Å²) in [5.41, 5.74) is 2.86. The van der Waals surface area contributed by atoms with E-state index < -0.39 is 5.97 Å². The number of hydrogen-bond donors (Lipinski definition) is 0. The molecule has 0 N–H and O–H groups in total. The third-order valence-corrected chi connectivity index (χ3v) is 4.47. The Balaban J connectivity index is 1.52. The van der Waals surface area contributed by atoms with Crippen molar-refractivity contribution in [1.29, 1.82) is 0 Å². The molecular weight excluding hydrogens is 354 g/mol. The number of para-hydroxylation sites is 1. The molecule has 0 unspecified atom stereocenters. The lowest BCUT2D eigenvalue weighted by atomic mass is 10.1. The molecule has 28 heavy (non-hydrogen) atoms. The minimum absolute atomic E-state index is 0.0565. The molecule has 0 spiro atoms. The molecule has 1 atom stereocenters. The molecule has 1 heterocycles. The topological polar surface area (TPSA) is 55.8 Å². The first-order valence-corrected chi connectivity index (χ1v) is 9.17. The zero-order valence-electron chi connectivity index (χ0n) is 15.8. The number of nitrogens with zero attached hydrogens (tertiary/aromatic N) is 1. The van der Waals surface area contributed by atoms with Crippen molar-refractivity contribution in [2.75, 3.05) is 18.1 Å². The molecule has 144 valence electrons. The van der Waals surface area contributed by atoms with Crippen LogP contribution < -0.4 is 9.64 Å². The SMILES string of the molecule is C=CCOc1ccc(/C=C/C(=O)OCC(=O)N2c3ccccc3C[C@@H]2C)cc1. The van der Waals surface area contributed by atoms with Crippen molar-refractivity contribution < 1.29 is 19.1 Å². The van der Waals surface area contributed by atoms with Crippen LogP contribution >= 0.6 is 0 Å². The first-order chi connectivity index (χ1) is 13.6. The summed E-state index contributed by atoms with van der Waals surface area (Å²) in [5.74, 6) is -0.0476. The van der Waals surface area contributed by atoms with Crippen molar-refractivity contribution in [2.24, 2.45) is 0 Å². The number of fused-ring (bicyclic) bond motifs is 1. The predicted molar refractivity (Wildman–Crippen MR) is 109 cm³/mol. The van der Waals surface area contributed by atoms with E-state index in [9.17, 15) is 9.59 Å². The van der Waals surface area contributed by atoms with Gasteiger partial charge in [0.25, 0.3) is 5.91 Å². The van der Waals surface area contributed by atoms with Crippen molar-refractivity contribution in [3.8, 4) is 5.75 Å². The van der Waals surface area contributed by atoms with Gasteiger partial charge in [0.05, 0.1) is 0 Å². The summed E-state index contributed by atoms with van der Waals surface area (Å²) in [6.07, 6.45) is 5.43. The second-order valence-electron chi connectivity index (χ2n) is 6.56. The molecule has 5 nitrogen and oxygen atoms in total. The number of esters is 1. The van der Waals surface area contributed by atoms with Gasteiger partial charge < -0.3 is 14.4 Å². The number of carbonyl (C=O) groups is 2. The van der Waals surface area contributed by atoms with Gasteiger partial charge in [-0.25, -0.2) is 4.79 Å². The van der Waals surface area contributed by atoms with E-state index in [4.69, 9.17) is 9.47 Å². The summed E-state index contributed by atoms with van der Waals surface area (Å²) >= 11 is 0. The first kappa shape index (κ1) is 19.4. The van der Waals surface area contributed by atoms with E-state index in [1.807, 2.05) is 55.5 Å². The van der Waals surface area contributed by atoms with Gasteiger partial charge >= 0.3 is 5.97 Å². The standard InChI is InChI=1S/C23H23NO4/c1-3-14-27-20-11-8-18(9-12-20)10-13-23(26)28-16-22(25)24-17(2)15-19-6-4-5-7-21(19)24/h3-13,17H,1,14-16H2,2H3/b13-10+/t17-/m0/s1. The number of hydrogen-bond acceptors (Lipinski definition) is 4. The van der Waals surface area contributed by atoms with Gasteiger partial charge in [0.2, 0.25) is 0 Å². The Morgan fingerprint density at radius 2 is 1.93 bits per heavy atom. The van der Waals surface area contributed by atoms with Crippen LogP contribution in [-0.4, -0.2) is 31.1 Å². The molecular formula is C23H23NO4. The maximum absolute atomic E-state index is 12.5. The summed E-state index contributed by atoms with van der Waals surface area (Å²) < 4.78 is 10.5. The fourth-order valence-electron chi connectivity index (χ4n) is 3.19. The largest absolute Gasteiger partial charge is 0.490 e. The Morgan fingerprint density at radius 1 is 1.18 bits per heavy atom. The normalized spacial score (nSPS) is 15.3. The lowest BCUT2D eigenvalue weighted by Crippen LogP contribution is -2.38. The van der Waals surface area contributed by atoms with Crippen LogP contribution in [0.2, 0.25) is 0 Å². The summed E-state index contributed by atoms with van der Waals surface area (Å²) in [6, 6.07) is 15.1. The van der Waals surface area contributed by atoms with Gasteiger partial charge in [0.15, 0.2) is 6.61 Å². The van der Waals surface area contributed by atoms with Crippen LogP contribution in [0.25, 0.3) is 6.08 Å². The van der Waals surface area contributed by atoms with Gasteiger partial charge in [-0.2, -0.15) is 0 Å². The highest BCUT2D eigenvalue weighted by molar-refractivity contribution is 5.98. The Bertz CT molecular complexity index is 886. The fraction of sp³-hybridized carbons (Fsp3) is 0.217. The van der Waals surface area contributed by atoms with Gasteiger partial charge in [0.1, 0.15) is 12.4 Å². The molecule has 0 radical (unpaired) electrons. The van der Waals surface area contributed by atoms with Gasteiger partial charge in [0, 0.05) is 17.8 Å². The molecule has 0 saturated heterocycles. The minimum atomic E-state index is -0.555. The van der Waals surface area contributed by atoms with Crippen molar-refractivity contribution in [3.63, 3.8) is 0 Å². The van der Waals surface area contributed by atoms with Crippen LogP contribution in [0.4, 0.5) is 5.69 Å². The Labute approximate surface area is 164 Å². The van der Waals surface area contributed by atoms with Crippen molar-refractivity contribution in [3.05, 3.63) is 78.4 Å². The number of rotatable bonds is 7. The summed E-state index contributed by atoms with van der Waals surface area (Å²) in [5, 5.41) is 0. The van der Waals surface area contributed by atoms with Crippen LogP contribution in [0.1, 0.15) is 18.1 Å². The van der Waals surface area contributed by atoms with Crippen LogP contribution in [0, 0.1) is 0 Å². The summed E-state index contributed by atoms with van der Waals surface area (Å²) in [7, 11) is 0. The summed E-state index contributed by atoms with van der Waals surface area (Å²) in [6.45, 7) is 5.74. The lowest BCUT2D eigenvalue weighted by molar-refractivity contribution is -0.143. The Hall–Kier alpha value is -3.34. The number of anilines is 1. The molecule has 5 heteroatoms. The van der Waals surface area contributed by atoms with Crippen molar-refractivity contribution in [2.45, 2.75) is 19.4 Å². The summed E-state index contributed by atoms with van der Waals surface area (Å²) in [4.78, 5) is 26.2. The molecule has 1 aliphatic heterocycles. The van der Waals surface area contributed by atoms with Crippen molar-refractivity contribution in [1.82, 2.24) is 0 Å². The maximum Gasteiger partial charge on any atom is 0.331 e. The maximum atomic E-state index is 12.5. The highest BCUT2D eigenvalue weighted by Gasteiger charge is 2.30. The molecule has 1 amide bonds. The molecule has 1 aliphatic rings. The van der Waals surface area contributed by atoms with Crippen LogP contribution in [0.5, 0.6) is 5.75 Å². The second kappa shape index (κ2) is 9.04. The van der Waals surface area contributed by atoms with Crippen molar-refractivity contribution >= 4 is 23.6 Å². The van der Waals surface area contributed by atoms with Crippen LogP contribution in [0.3, 0.4) is 0 Å². The number of ether oxygens (including phenoxy) is 2. The minimum Gasteiger partial charge on any atom is -0.490 e. The van der Waals surface area contributed by atoms with E-state index in [0.29, 0.717) is 6.61 Å².